The fourth-order valence-corrected chi connectivity index (χ4v) is 3.26. The van der Waals surface area contributed by atoms with E-state index in [9.17, 15) is 4.79 Å². The lowest BCUT2D eigenvalue weighted by molar-refractivity contribution is 0.0941. The Kier molecular flexibility index (Phi) is 4.69. The molecule has 6 nitrogen and oxygen atoms in total. The molecule has 0 aliphatic carbocycles. The van der Waals surface area contributed by atoms with Crippen molar-refractivity contribution in [2.45, 2.75) is 32.9 Å². The molecule has 2 aromatic heterocycles. The first kappa shape index (κ1) is 18.0. The van der Waals surface area contributed by atoms with E-state index < -0.39 is 0 Å². The van der Waals surface area contributed by atoms with E-state index in [-0.39, 0.29) is 11.9 Å². The zero-order valence-electron chi connectivity index (χ0n) is 16.0. The van der Waals surface area contributed by atoms with Crippen LogP contribution in [0.1, 0.15) is 36.2 Å². The largest absolute Gasteiger partial charge is 0.384 e. The van der Waals surface area contributed by atoms with Gasteiger partial charge in [0.25, 0.3) is 5.91 Å². The van der Waals surface area contributed by atoms with E-state index >= 15 is 0 Å². The second kappa shape index (κ2) is 7.31. The Morgan fingerprint density at radius 2 is 1.71 bits per heavy atom. The minimum atomic E-state index is -0.215. The molecule has 0 radical (unpaired) electrons. The van der Waals surface area contributed by atoms with Crippen molar-refractivity contribution in [3.05, 3.63) is 65.7 Å². The molecule has 2 aromatic carbocycles. The molecule has 6 heteroatoms. The maximum atomic E-state index is 13.0. The number of nitrogens with zero attached hydrogens (tertiary/aromatic N) is 3. The van der Waals surface area contributed by atoms with Crippen molar-refractivity contribution in [1.29, 1.82) is 0 Å². The van der Waals surface area contributed by atoms with Gasteiger partial charge in [-0.2, -0.15) is 0 Å². The highest BCUT2D eigenvalue weighted by Gasteiger charge is 2.24. The maximum absolute atomic E-state index is 13.0. The van der Waals surface area contributed by atoms with Crippen molar-refractivity contribution in [1.82, 2.24) is 19.9 Å². The number of benzene rings is 2. The summed E-state index contributed by atoms with van der Waals surface area (Å²) in [4.78, 5) is 22.5. The van der Waals surface area contributed by atoms with Gasteiger partial charge in [-0.05, 0) is 31.0 Å². The Hall–Kier alpha value is -3.41. The van der Waals surface area contributed by atoms with Crippen molar-refractivity contribution in [2.24, 2.45) is 0 Å². The number of anilines is 1. The fraction of sp³-hybridized carbons (Fsp3) is 0.227. The van der Waals surface area contributed by atoms with E-state index in [1.807, 2.05) is 73.0 Å². The summed E-state index contributed by atoms with van der Waals surface area (Å²) in [5, 5.41) is 3.00. The normalized spacial score (nSPS) is 12.4. The Balaban J connectivity index is 1.93. The fourth-order valence-electron chi connectivity index (χ4n) is 3.26. The number of carbonyl (C=O) groups excluding carboxylic acids is 1. The molecule has 142 valence electrons. The van der Waals surface area contributed by atoms with E-state index in [1.54, 1.807) is 0 Å². The molecule has 0 aliphatic rings. The summed E-state index contributed by atoms with van der Waals surface area (Å²) in [6, 6.07) is 17.7. The summed E-state index contributed by atoms with van der Waals surface area (Å²) in [5.74, 6) is 0.170. The van der Waals surface area contributed by atoms with Crippen molar-refractivity contribution in [2.75, 3.05) is 5.73 Å². The lowest BCUT2D eigenvalue weighted by atomic mass is 10.2. The molecule has 4 rings (SSSR count). The quantitative estimate of drug-likeness (QED) is 0.558. The van der Waals surface area contributed by atoms with Crippen LogP contribution in [0, 0.1) is 0 Å². The SMILES string of the molecule is CCC(C)NC(=O)c1c(N)n(Cc2ccccc2)c2nc3ccccc3nc12. The van der Waals surface area contributed by atoms with Crippen LogP contribution in [-0.2, 0) is 6.54 Å². The van der Waals surface area contributed by atoms with Crippen molar-refractivity contribution >= 4 is 33.9 Å². The van der Waals surface area contributed by atoms with Crippen molar-refractivity contribution in [3.63, 3.8) is 0 Å². The number of aromatic nitrogens is 3. The number of hydrogen-bond acceptors (Lipinski definition) is 4. The molecular weight excluding hydrogens is 350 g/mol. The Morgan fingerprint density at radius 1 is 1.07 bits per heavy atom. The Labute approximate surface area is 163 Å². The van der Waals surface area contributed by atoms with Crippen LogP contribution in [0.25, 0.3) is 22.2 Å². The molecule has 0 fully saturated rings. The first-order valence-electron chi connectivity index (χ1n) is 9.47. The van der Waals surface area contributed by atoms with Crippen LogP contribution in [-0.4, -0.2) is 26.5 Å². The average Bonchev–Trinajstić information content (AvgIpc) is 2.97. The van der Waals surface area contributed by atoms with E-state index in [4.69, 9.17) is 15.7 Å². The molecule has 2 heterocycles. The molecule has 3 N–H and O–H groups in total. The average molecular weight is 373 g/mol. The monoisotopic (exact) mass is 373 g/mol. The number of nitrogens with two attached hydrogens (primary N) is 1. The molecular formula is C22H23N5O. The maximum Gasteiger partial charge on any atom is 0.257 e. The smallest absolute Gasteiger partial charge is 0.257 e. The summed E-state index contributed by atoms with van der Waals surface area (Å²) in [7, 11) is 0. The van der Waals surface area contributed by atoms with E-state index in [1.165, 1.54) is 0 Å². The van der Waals surface area contributed by atoms with Crippen molar-refractivity contribution in [3.8, 4) is 0 Å². The topological polar surface area (TPSA) is 85.8 Å². The third-order valence-electron chi connectivity index (χ3n) is 4.99. The highest BCUT2D eigenvalue weighted by molar-refractivity contribution is 6.10. The molecule has 0 aliphatic heterocycles. The standard InChI is InChI=1S/C22H23N5O/c1-3-14(2)24-22(28)18-19-21(26-17-12-8-7-11-16(17)25-19)27(20(18)23)13-15-9-5-4-6-10-15/h4-12,14H,3,13,23H2,1-2H3,(H,24,28). The van der Waals surface area contributed by atoms with E-state index in [0.717, 1.165) is 23.0 Å². The first-order chi connectivity index (χ1) is 13.6. The number of nitrogen functional groups attached to an aromatic ring is 1. The van der Waals surface area contributed by atoms with E-state index in [0.29, 0.717) is 29.1 Å². The van der Waals surface area contributed by atoms with Crippen LogP contribution >= 0.6 is 0 Å². The zero-order valence-corrected chi connectivity index (χ0v) is 16.0. The molecule has 0 bridgehead atoms. The Morgan fingerprint density at radius 3 is 2.39 bits per heavy atom. The number of para-hydroxylation sites is 2. The van der Waals surface area contributed by atoms with Crippen LogP contribution in [0.2, 0.25) is 0 Å². The number of fused-ring (bicyclic) bond motifs is 2. The minimum absolute atomic E-state index is 0.0489. The van der Waals surface area contributed by atoms with E-state index in [2.05, 4.69) is 5.32 Å². The molecule has 1 amide bonds. The van der Waals surface area contributed by atoms with Gasteiger partial charge in [0.1, 0.15) is 16.9 Å². The predicted molar refractivity (Wildman–Crippen MR) is 112 cm³/mol. The van der Waals surface area contributed by atoms with Gasteiger partial charge >= 0.3 is 0 Å². The van der Waals surface area contributed by atoms with Crippen molar-refractivity contribution < 1.29 is 4.79 Å². The third kappa shape index (κ3) is 3.17. The summed E-state index contributed by atoms with van der Waals surface area (Å²) >= 11 is 0. The van der Waals surface area contributed by atoms with Crippen LogP contribution < -0.4 is 11.1 Å². The molecule has 0 saturated carbocycles. The minimum Gasteiger partial charge on any atom is -0.384 e. The summed E-state index contributed by atoms with van der Waals surface area (Å²) in [6.45, 7) is 4.52. The summed E-state index contributed by atoms with van der Waals surface area (Å²) in [5.41, 5.74) is 10.6. The molecule has 0 spiro atoms. The number of rotatable bonds is 5. The van der Waals surface area contributed by atoms with Gasteiger partial charge in [-0.1, -0.05) is 49.4 Å². The number of amides is 1. The first-order valence-corrected chi connectivity index (χ1v) is 9.47. The van der Waals surface area contributed by atoms with Gasteiger partial charge < -0.3 is 15.6 Å². The second-order valence-electron chi connectivity index (χ2n) is 7.00. The van der Waals surface area contributed by atoms with Crippen LogP contribution in [0.15, 0.2) is 54.6 Å². The molecule has 1 atom stereocenters. The molecule has 1 unspecified atom stereocenters. The summed E-state index contributed by atoms with van der Waals surface area (Å²) < 4.78 is 1.87. The lowest BCUT2D eigenvalue weighted by Crippen LogP contribution is -2.32. The van der Waals surface area contributed by atoms with Crippen LogP contribution in [0.5, 0.6) is 0 Å². The predicted octanol–water partition coefficient (Wildman–Crippen LogP) is 3.74. The molecule has 28 heavy (non-hydrogen) atoms. The number of nitrogens with one attached hydrogen (secondary N) is 1. The van der Waals surface area contributed by atoms with Gasteiger partial charge in [0.15, 0.2) is 5.65 Å². The highest BCUT2D eigenvalue weighted by Crippen LogP contribution is 2.28. The van der Waals surface area contributed by atoms with Crippen LogP contribution in [0.3, 0.4) is 0 Å². The van der Waals surface area contributed by atoms with Gasteiger partial charge in [-0.3, -0.25) is 4.79 Å². The summed E-state index contributed by atoms with van der Waals surface area (Å²) in [6.07, 6.45) is 0.836. The van der Waals surface area contributed by atoms with Gasteiger partial charge in [0, 0.05) is 6.04 Å². The Bertz CT molecular complexity index is 1150. The van der Waals surface area contributed by atoms with Crippen LogP contribution in [0.4, 0.5) is 5.82 Å². The molecule has 4 aromatic rings. The zero-order chi connectivity index (χ0) is 19.7. The van der Waals surface area contributed by atoms with Gasteiger partial charge in [-0.25, -0.2) is 9.97 Å². The van der Waals surface area contributed by atoms with Gasteiger partial charge in [0.2, 0.25) is 0 Å². The van der Waals surface area contributed by atoms with Gasteiger partial charge in [0.05, 0.1) is 17.6 Å². The second-order valence-corrected chi connectivity index (χ2v) is 7.00. The number of carbonyl (C=O) groups is 1. The highest BCUT2D eigenvalue weighted by atomic mass is 16.1. The van der Waals surface area contributed by atoms with Gasteiger partial charge in [-0.15, -0.1) is 0 Å². The number of hydrogen-bond donors (Lipinski definition) is 2. The third-order valence-corrected chi connectivity index (χ3v) is 4.99. The lowest BCUT2D eigenvalue weighted by Gasteiger charge is -2.11. The molecule has 0 saturated heterocycles.